The Kier molecular flexibility index (Phi) is 4.45. The van der Waals surface area contributed by atoms with Gasteiger partial charge in [0.1, 0.15) is 6.26 Å². The van der Waals surface area contributed by atoms with Gasteiger partial charge >= 0.3 is 0 Å². The molecule has 0 bridgehead atoms. The highest BCUT2D eigenvalue weighted by Gasteiger charge is 2.25. The molecule has 0 spiro atoms. The maximum Gasteiger partial charge on any atom is 0.191 e. The smallest absolute Gasteiger partial charge is 0.191 e. The lowest BCUT2D eigenvalue weighted by molar-refractivity contribution is 0.111. The van der Waals surface area contributed by atoms with Gasteiger partial charge in [0.15, 0.2) is 5.89 Å². The molecule has 106 valence electrons. The van der Waals surface area contributed by atoms with Crippen molar-refractivity contribution in [3.05, 3.63) is 17.8 Å². The van der Waals surface area contributed by atoms with E-state index in [2.05, 4.69) is 26.5 Å². The van der Waals surface area contributed by atoms with Crippen molar-refractivity contribution in [1.82, 2.24) is 14.8 Å². The van der Waals surface area contributed by atoms with Crippen molar-refractivity contribution in [3.63, 3.8) is 0 Å². The molecule has 4 nitrogen and oxygen atoms in total. The van der Waals surface area contributed by atoms with Crippen molar-refractivity contribution in [3.8, 4) is 0 Å². The van der Waals surface area contributed by atoms with Crippen LogP contribution in [-0.4, -0.2) is 58.5 Å². The minimum Gasteiger partial charge on any atom is -0.449 e. The van der Waals surface area contributed by atoms with Gasteiger partial charge in [-0.15, -0.1) is 0 Å². The molecule has 0 unspecified atom stereocenters. The number of piperidine rings is 1. The fraction of sp³-hybridized carbons (Fsp3) is 0.786. The number of hydrogen-bond acceptors (Lipinski definition) is 5. The van der Waals surface area contributed by atoms with Crippen molar-refractivity contribution in [1.29, 1.82) is 0 Å². The summed E-state index contributed by atoms with van der Waals surface area (Å²) in [4.78, 5) is 9.60. The van der Waals surface area contributed by atoms with E-state index >= 15 is 0 Å². The molecule has 3 heterocycles. The second kappa shape index (κ2) is 6.29. The summed E-state index contributed by atoms with van der Waals surface area (Å²) in [5.74, 6) is 3.41. The van der Waals surface area contributed by atoms with E-state index in [1.54, 1.807) is 6.26 Å². The van der Waals surface area contributed by atoms with Crippen LogP contribution in [0.2, 0.25) is 0 Å². The standard InChI is InChI=1S/C14H23N3OS/c1-12-15-13(11-18-12)10-16-4-2-14(3-5-16)17-6-8-19-9-7-17/h11,14H,2-10H2,1H3. The third kappa shape index (κ3) is 3.52. The molecule has 1 aromatic rings. The molecule has 19 heavy (non-hydrogen) atoms. The molecule has 1 aromatic heterocycles. The Balaban J connectivity index is 1.46. The first-order valence-electron chi connectivity index (χ1n) is 7.26. The van der Waals surface area contributed by atoms with Crippen molar-refractivity contribution in [2.75, 3.05) is 37.7 Å². The van der Waals surface area contributed by atoms with Crippen LogP contribution in [0.5, 0.6) is 0 Å². The quantitative estimate of drug-likeness (QED) is 0.846. The zero-order chi connectivity index (χ0) is 13.1. The summed E-state index contributed by atoms with van der Waals surface area (Å²) in [7, 11) is 0. The molecular formula is C14H23N3OS. The molecule has 0 N–H and O–H groups in total. The fourth-order valence-corrected chi connectivity index (χ4v) is 4.03. The van der Waals surface area contributed by atoms with Crippen LogP contribution in [-0.2, 0) is 6.54 Å². The maximum absolute atomic E-state index is 5.27. The Morgan fingerprint density at radius 1 is 1.26 bits per heavy atom. The van der Waals surface area contributed by atoms with Crippen LogP contribution in [0.15, 0.2) is 10.7 Å². The number of oxazole rings is 1. The van der Waals surface area contributed by atoms with Crippen LogP contribution < -0.4 is 0 Å². The highest BCUT2D eigenvalue weighted by atomic mass is 32.2. The fourth-order valence-electron chi connectivity index (χ4n) is 3.10. The van der Waals surface area contributed by atoms with Gasteiger partial charge in [0.25, 0.3) is 0 Å². The number of thioether (sulfide) groups is 1. The second-order valence-electron chi connectivity index (χ2n) is 5.51. The SMILES string of the molecule is Cc1nc(CN2CCC(N3CCSCC3)CC2)co1. The molecule has 0 aromatic carbocycles. The topological polar surface area (TPSA) is 32.5 Å². The van der Waals surface area contributed by atoms with E-state index in [4.69, 9.17) is 4.42 Å². The van der Waals surface area contributed by atoms with Gasteiger partial charge < -0.3 is 4.42 Å². The molecule has 2 saturated heterocycles. The molecule has 0 atom stereocenters. The maximum atomic E-state index is 5.27. The van der Waals surface area contributed by atoms with Crippen molar-refractivity contribution in [2.24, 2.45) is 0 Å². The molecular weight excluding hydrogens is 258 g/mol. The zero-order valence-electron chi connectivity index (χ0n) is 11.7. The van der Waals surface area contributed by atoms with E-state index in [1.165, 1.54) is 50.5 Å². The van der Waals surface area contributed by atoms with Gasteiger partial charge in [-0.05, 0) is 12.8 Å². The Morgan fingerprint density at radius 3 is 2.63 bits per heavy atom. The minimum absolute atomic E-state index is 0.774. The lowest BCUT2D eigenvalue weighted by Gasteiger charge is -2.39. The molecule has 3 rings (SSSR count). The lowest BCUT2D eigenvalue weighted by atomic mass is 10.0. The van der Waals surface area contributed by atoms with Gasteiger partial charge in [0.2, 0.25) is 0 Å². The molecule has 2 aliphatic rings. The predicted octanol–water partition coefficient (Wildman–Crippen LogP) is 2.00. The number of likely N-dealkylation sites (tertiary alicyclic amines) is 1. The molecule has 0 radical (unpaired) electrons. The van der Waals surface area contributed by atoms with E-state index < -0.39 is 0 Å². The summed E-state index contributed by atoms with van der Waals surface area (Å²) in [6.45, 7) is 7.82. The van der Waals surface area contributed by atoms with E-state index in [0.717, 1.165) is 24.2 Å². The zero-order valence-corrected chi connectivity index (χ0v) is 12.5. The van der Waals surface area contributed by atoms with Crippen LogP contribution in [0.4, 0.5) is 0 Å². The van der Waals surface area contributed by atoms with Crippen LogP contribution in [0.3, 0.4) is 0 Å². The number of aromatic nitrogens is 1. The molecule has 2 aliphatic heterocycles. The third-order valence-electron chi connectivity index (χ3n) is 4.17. The largest absolute Gasteiger partial charge is 0.449 e. The van der Waals surface area contributed by atoms with Crippen LogP contribution in [0.1, 0.15) is 24.4 Å². The Bertz CT molecular complexity index is 395. The van der Waals surface area contributed by atoms with Gasteiger partial charge in [-0.1, -0.05) is 0 Å². The van der Waals surface area contributed by atoms with Gasteiger partial charge in [-0.3, -0.25) is 9.80 Å². The van der Waals surface area contributed by atoms with E-state index in [0.29, 0.717) is 0 Å². The summed E-state index contributed by atoms with van der Waals surface area (Å²) in [5.41, 5.74) is 1.07. The average molecular weight is 281 g/mol. The van der Waals surface area contributed by atoms with Gasteiger partial charge in [0.05, 0.1) is 5.69 Å². The molecule has 0 amide bonds. The molecule has 5 heteroatoms. The van der Waals surface area contributed by atoms with Gasteiger partial charge in [0, 0.05) is 57.2 Å². The van der Waals surface area contributed by atoms with Crippen LogP contribution in [0, 0.1) is 6.92 Å². The summed E-state index contributed by atoms with van der Waals surface area (Å²) >= 11 is 2.10. The molecule has 2 fully saturated rings. The Hall–Kier alpha value is -0.520. The van der Waals surface area contributed by atoms with Crippen molar-refractivity contribution >= 4 is 11.8 Å². The second-order valence-corrected chi connectivity index (χ2v) is 6.74. The van der Waals surface area contributed by atoms with Crippen LogP contribution >= 0.6 is 11.8 Å². The van der Waals surface area contributed by atoms with Crippen molar-refractivity contribution < 1.29 is 4.42 Å². The normalized spacial score (nSPS) is 23.8. The Morgan fingerprint density at radius 2 is 2.00 bits per heavy atom. The van der Waals surface area contributed by atoms with Gasteiger partial charge in [-0.2, -0.15) is 11.8 Å². The third-order valence-corrected chi connectivity index (χ3v) is 5.11. The first-order valence-corrected chi connectivity index (χ1v) is 8.42. The Labute approximate surface area is 119 Å². The highest BCUT2D eigenvalue weighted by Crippen LogP contribution is 2.21. The first kappa shape index (κ1) is 13.5. The predicted molar refractivity (Wildman–Crippen MR) is 78.4 cm³/mol. The minimum atomic E-state index is 0.774. The number of aryl methyl sites for hydroxylation is 1. The number of rotatable bonds is 3. The first-order chi connectivity index (χ1) is 9.31. The molecule has 0 aliphatic carbocycles. The lowest BCUT2D eigenvalue weighted by Crippen LogP contribution is -2.47. The molecule has 0 saturated carbocycles. The monoisotopic (exact) mass is 281 g/mol. The summed E-state index contributed by atoms with van der Waals surface area (Å²) in [6, 6.07) is 0.816. The van der Waals surface area contributed by atoms with E-state index in [1.807, 2.05) is 6.92 Å². The number of nitrogens with zero attached hydrogens (tertiary/aromatic N) is 3. The van der Waals surface area contributed by atoms with E-state index in [-0.39, 0.29) is 0 Å². The average Bonchev–Trinajstić information content (AvgIpc) is 2.86. The summed E-state index contributed by atoms with van der Waals surface area (Å²) in [6.07, 6.45) is 4.41. The highest BCUT2D eigenvalue weighted by molar-refractivity contribution is 7.99. The number of hydrogen-bond donors (Lipinski definition) is 0. The summed E-state index contributed by atoms with van der Waals surface area (Å²) in [5, 5.41) is 0. The van der Waals surface area contributed by atoms with Crippen molar-refractivity contribution in [2.45, 2.75) is 32.4 Å². The van der Waals surface area contributed by atoms with Crippen LogP contribution in [0.25, 0.3) is 0 Å². The van der Waals surface area contributed by atoms with Gasteiger partial charge in [-0.25, -0.2) is 4.98 Å². The van der Waals surface area contributed by atoms with E-state index in [9.17, 15) is 0 Å². The summed E-state index contributed by atoms with van der Waals surface area (Å²) < 4.78 is 5.27.